The minimum absolute atomic E-state index is 0.00721. The van der Waals surface area contributed by atoms with Crippen LogP contribution in [0.15, 0.2) is 42.6 Å². The molecule has 0 aliphatic carbocycles. The van der Waals surface area contributed by atoms with Crippen LogP contribution in [0.4, 0.5) is 13.2 Å². The van der Waals surface area contributed by atoms with Crippen molar-refractivity contribution in [2.75, 3.05) is 13.1 Å². The summed E-state index contributed by atoms with van der Waals surface area (Å²) < 4.78 is 40.7. The number of carbonyl (C=O) groups excluding carboxylic acids is 2. The molecule has 33 heavy (non-hydrogen) atoms. The Morgan fingerprint density at radius 3 is 2.64 bits per heavy atom. The van der Waals surface area contributed by atoms with Gasteiger partial charge in [-0.1, -0.05) is 24.3 Å². The number of hydrogen-bond acceptors (Lipinski definition) is 3. The first kappa shape index (κ1) is 22.6. The molecule has 0 bridgehead atoms. The van der Waals surface area contributed by atoms with E-state index in [1.165, 1.54) is 19.1 Å². The number of rotatable bonds is 5. The number of benzene rings is 2. The van der Waals surface area contributed by atoms with Crippen molar-refractivity contribution >= 4 is 28.3 Å². The van der Waals surface area contributed by atoms with Crippen LogP contribution in [-0.4, -0.2) is 40.0 Å². The van der Waals surface area contributed by atoms with Crippen molar-refractivity contribution in [1.82, 2.24) is 20.4 Å². The Labute approximate surface area is 188 Å². The van der Waals surface area contributed by atoms with Gasteiger partial charge in [-0.2, -0.15) is 5.10 Å². The molecule has 0 saturated carbocycles. The maximum absolute atomic E-state index is 14.5. The smallest absolute Gasteiger partial charge is 0.266 e. The fourth-order valence-corrected chi connectivity index (χ4v) is 4.06. The Hall–Kier alpha value is -3.62. The fraction of sp³-hybridized carbons (Fsp3) is 0.292. The highest BCUT2D eigenvalue weighted by molar-refractivity contribution is 6.06. The number of alkyl halides is 2. The highest BCUT2D eigenvalue weighted by Crippen LogP contribution is 2.30. The van der Waals surface area contributed by atoms with Crippen LogP contribution in [0.2, 0.25) is 0 Å². The van der Waals surface area contributed by atoms with E-state index < -0.39 is 29.8 Å². The average Bonchev–Trinajstić information content (AvgIpc) is 3.27. The van der Waals surface area contributed by atoms with Gasteiger partial charge in [0.05, 0.1) is 28.9 Å². The van der Waals surface area contributed by atoms with Crippen molar-refractivity contribution < 1.29 is 22.8 Å². The fourth-order valence-electron chi connectivity index (χ4n) is 4.06. The first-order valence-electron chi connectivity index (χ1n) is 10.6. The van der Waals surface area contributed by atoms with E-state index in [-0.39, 0.29) is 11.5 Å². The predicted octanol–water partition coefficient (Wildman–Crippen LogP) is 4.77. The zero-order chi connectivity index (χ0) is 23.7. The molecule has 2 amide bonds. The van der Waals surface area contributed by atoms with E-state index in [9.17, 15) is 22.8 Å². The van der Waals surface area contributed by atoms with Crippen LogP contribution in [-0.2, 0) is 4.79 Å². The largest absolute Gasteiger partial charge is 0.345 e. The van der Waals surface area contributed by atoms with Crippen LogP contribution < -0.4 is 5.32 Å². The number of aromatic amines is 1. The molecule has 172 valence electrons. The average molecular weight is 456 g/mol. The molecule has 0 unspecified atom stereocenters. The minimum Gasteiger partial charge on any atom is -0.345 e. The van der Waals surface area contributed by atoms with Gasteiger partial charge in [0.25, 0.3) is 12.3 Å². The Bertz CT molecular complexity index is 1250. The molecule has 2 N–H and O–H groups in total. The number of fused-ring (bicyclic) bond motifs is 1. The second-order valence-electron chi connectivity index (χ2n) is 8.05. The molecule has 0 spiro atoms. The highest BCUT2D eigenvalue weighted by atomic mass is 19.3. The maximum atomic E-state index is 14.5. The first-order valence-corrected chi connectivity index (χ1v) is 10.6. The number of carbonyl (C=O) groups is 2. The summed E-state index contributed by atoms with van der Waals surface area (Å²) in [5.41, 5.74) is 1.95. The van der Waals surface area contributed by atoms with Crippen molar-refractivity contribution in [2.45, 2.75) is 32.7 Å². The molecular weight excluding hydrogens is 433 g/mol. The van der Waals surface area contributed by atoms with Crippen molar-refractivity contribution in [3.8, 4) is 0 Å². The summed E-state index contributed by atoms with van der Waals surface area (Å²) >= 11 is 0. The molecule has 1 atom stereocenters. The second kappa shape index (κ2) is 9.09. The van der Waals surface area contributed by atoms with E-state index in [2.05, 4.69) is 15.5 Å². The van der Waals surface area contributed by atoms with Gasteiger partial charge in [-0.05, 0) is 36.6 Å². The van der Waals surface area contributed by atoms with Crippen LogP contribution in [0.25, 0.3) is 16.5 Å². The summed E-state index contributed by atoms with van der Waals surface area (Å²) in [7, 11) is 0. The lowest BCUT2D eigenvalue weighted by atomic mass is 9.95. The first-order chi connectivity index (χ1) is 15.8. The lowest BCUT2D eigenvalue weighted by Gasteiger charge is -2.25. The number of H-pyrrole nitrogens is 1. The van der Waals surface area contributed by atoms with Gasteiger partial charge in [-0.15, -0.1) is 0 Å². The van der Waals surface area contributed by atoms with Gasteiger partial charge < -0.3 is 10.2 Å². The maximum Gasteiger partial charge on any atom is 0.266 e. The zero-order valence-electron chi connectivity index (χ0n) is 18.2. The topological polar surface area (TPSA) is 78.1 Å². The predicted molar refractivity (Wildman–Crippen MR) is 118 cm³/mol. The monoisotopic (exact) mass is 456 g/mol. The van der Waals surface area contributed by atoms with Crippen LogP contribution in [0, 0.1) is 5.82 Å². The molecule has 1 aliphatic heterocycles. The third-order valence-corrected chi connectivity index (χ3v) is 5.93. The van der Waals surface area contributed by atoms with Crippen LogP contribution in [0.3, 0.4) is 0 Å². The molecule has 4 rings (SSSR count). The molecule has 2 heterocycles. The number of amides is 2. The third kappa shape index (κ3) is 4.48. The minimum atomic E-state index is -2.95. The van der Waals surface area contributed by atoms with Crippen LogP contribution in [0.1, 0.15) is 59.8 Å². The van der Waals surface area contributed by atoms with Crippen molar-refractivity contribution in [2.24, 2.45) is 0 Å². The van der Waals surface area contributed by atoms with E-state index >= 15 is 0 Å². The normalized spacial score (nSPS) is 15.0. The molecule has 6 nitrogen and oxygen atoms in total. The number of aromatic nitrogens is 2. The molecular formula is C24H23F3N4O2. The Balaban J connectivity index is 1.63. The summed E-state index contributed by atoms with van der Waals surface area (Å²) in [6, 6.07) is 6.55. The SMILES string of the molecule is CC(=O)N1CC=C(c2cc(C(=O)N[C@H](C)c3cccc(C(F)F)c3F)c3[nH]ncc3c2)CC1. The zero-order valence-corrected chi connectivity index (χ0v) is 18.2. The summed E-state index contributed by atoms with van der Waals surface area (Å²) in [6.45, 7) is 4.15. The molecule has 2 aromatic carbocycles. The van der Waals surface area contributed by atoms with Crippen LogP contribution in [0.5, 0.6) is 0 Å². The van der Waals surface area contributed by atoms with E-state index in [4.69, 9.17) is 0 Å². The van der Waals surface area contributed by atoms with Gasteiger partial charge in [-0.3, -0.25) is 14.7 Å². The van der Waals surface area contributed by atoms with Crippen molar-refractivity contribution in [3.05, 3.63) is 70.7 Å². The Kier molecular flexibility index (Phi) is 6.22. The van der Waals surface area contributed by atoms with Crippen LogP contribution >= 0.6 is 0 Å². The number of nitrogens with zero attached hydrogens (tertiary/aromatic N) is 2. The van der Waals surface area contributed by atoms with Gasteiger partial charge in [0.1, 0.15) is 5.82 Å². The lowest BCUT2D eigenvalue weighted by Crippen LogP contribution is -2.32. The van der Waals surface area contributed by atoms with Gasteiger partial charge in [-0.25, -0.2) is 13.2 Å². The lowest BCUT2D eigenvalue weighted by molar-refractivity contribution is -0.128. The molecule has 0 saturated heterocycles. The van der Waals surface area contributed by atoms with Gasteiger partial charge in [0.2, 0.25) is 5.91 Å². The summed E-state index contributed by atoms with van der Waals surface area (Å²) in [4.78, 5) is 26.5. The van der Waals surface area contributed by atoms with E-state index in [0.717, 1.165) is 22.6 Å². The molecule has 0 fully saturated rings. The summed E-state index contributed by atoms with van der Waals surface area (Å²) in [5, 5.41) is 10.3. The van der Waals surface area contributed by atoms with E-state index in [0.29, 0.717) is 30.6 Å². The molecule has 0 radical (unpaired) electrons. The number of hydrogen-bond donors (Lipinski definition) is 2. The quantitative estimate of drug-likeness (QED) is 0.581. The molecule has 1 aromatic heterocycles. The summed E-state index contributed by atoms with van der Waals surface area (Å²) in [5.74, 6) is -1.50. The van der Waals surface area contributed by atoms with E-state index in [1.807, 2.05) is 12.1 Å². The molecule has 9 heteroatoms. The number of nitrogens with one attached hydrogen (secondary N) is 2. The number of halogens is 3. The third-order valence-electron chi connectivity index (χ3n) is 5.93. The van der Waals surface area contributed by atoms with Gasteiger partial charge >= 0.3 is 0 Å². The summed E-state index contributed by atoms with van der Waals surface area (Å²) in [6.07, 6.45) is 1.26. The standard InChI is InChI=1S/C24H23F3N4O2/c1-13(18-4-3-5-19(21(18)25)23(26)27)29-24(33)20-11-16(10-17-12-28-30-22(17)20)15-6-8-31(9-7-15)14(2)32/h3-6,10-13,23H,7-9H2,1-2H3,(H,28,30)(H,29,33)/t13-/m1/s1. The van der Waals surface area contributed by atoms with E-state index in [1.54, 1.807) is 24.1 Å². The Morgan fingerprint density at radius 2 is 1.97 bits per heavy atom. The molecule has 3 aromatic rings. The highest BCUT2D eigenvalue weighted by Gasteiger charge is 2.23. The van der Waals surface area contributed by atoms with Crippen molar-refractivity contribution in [3.63, 3.8) is 0 Å². The van der Waals surface area contributed by atoms with Gasteiger partial charge in [0, 0.05) is 31.0 Å². The molecule has 1 aliphatic rings. The Morgan fingerprint density at radius 1 is 1.21 bits per heavy atom. The second-order valence-corrected chi connectivity index (χ2v) is 8.05. The van der Waals surface area contributed by atoms with Gasteiger partial charge in [0.15, 0.2) is 0 Å². The van der Waals surface area contributed by atoms with Crippen molar-refractivity contribution in [1.29, 1.82) is 0 Å².